The first-order valence-electron chi connectivity index (χ1n) is 8.66. The number of nitrogens with zero attached hydrogens (tertiary/aromatic N) is 4. The predicted molar refractivity (Wildman–Crippen MR) is 101 cm³/mol. The van der Waals surface area contributed by atoms with Crippen molar-refractivity contribution in [2.45, 2.75) is 32.9 Å². The van der Waals surface area contributed by atoms with Gasteiger partial charge in [0.25, 0.3) is 0 Å². The third-order valence-corrected chi connectivity index (χ3v) is 5.55. The SMILES string of the molecule is CC(C)c1nc(CNCc2cccnc2N2CCN(C)CC2)cs1. The van der Waals surface area contributed by atoms with Crippen molar-refractivity contribution in [2.75, 3.05) is 38.1 Å². The molecule has 0 bridgehead atoms. The van der Waals surface area contributed by atoms with Crippen LogP contribution in [0, 0.1) is 0 Å². The largest absolute Gasteiger partial charge is 0.354 e. The minimum Gasteiger partial charge on any atom is -0.354 e. The maximum absolute atomic E-state index is 4.69. The van der Waals surface area contributed by atoms with Gasteiger partial charge in [-0.2, -0.15) is 0 Å². The fraction of sp³-hybridized carbons (Fsp3) is 0.556. The lowest BCUT2D eigenvalue weighted by atomic mass is 10.2. The van der Waals surface area contributed by atoms with Gasteiger partial charge in [-0.25, -0.2) is 9.97 Å². The van der Waals surface area contributed by atoms with E-state index >= 15 is 0 Å². The minimum absolute atomic E-state index is 0.505. The van der Waals surface area contributed by atoms with Crippen LogP contribution in [-0.4, -0.2) is 48.1 Å². The smallest absolute Gasteiger partial charge is 0.133 e. The van der Waals surface area contributed by atoms with Gasteiger partial charge in [0.15, 0.2) is 0 Å². The van der Waals surface area contributed by atoms with E-state index < -0.39 is 0 Å². The molecular formula is C18H27N5S. The summed E-state index contributed by atoms with van der Waals surface area (Å²) in [6.07, 6.45) is 1.90. The van der Waals surface area contributed by atoms with Gasteiger partial charge < -0.3 is 15.1 Å². The third kappa shape index (κ3) is 4.32. The summed E-state index contributed by atoms with van der Waals surface area (Å²) in [5, 5.41) is 6.90. The molecule has 5 nitrogen and oxygen atoms in total. The van der Waals surface area contributed by atoms with Crippen molar-refractivity contribution in [2.24, 2.45) is 0 Å². The summed E-state index contributed by atoms with van der Waals surface area (Å²) in [5.74, 6) is 1.63. The molecule has 0 amide bonds. The molecule has 1 fully saturated rings. The Labute approximate surface area is 148 Å². The highest BCUT2D eigenvalue weighted by atomic mass is 32.1. The maximum atomic E-state index is 4.69. The second-order valence-electron chi connectivity index (χ2n) is 6.71. The number of thiazole rings is 1. The fourth-order valence-electron chi connectivity index (χ4n) is 2.87. The van der Waals surface area contributed by atoms with Gasteiger partial charge in [-0.3, -0.25) is 0 Å². The summed E-state index contributed by atoms with van der Waals surface area (Å²) >= 11 is 1.75. The summed E-state index contributed by atoms with van der Waals surface area (Å²) in [4.78, 5) is 14.1. The van der Waals surface area contributed by atoms with Crippen LogP contribution in [0.2, 0.25) is 0 Å². The van der Waals surface area contributed by atoms with Gasteiger partial charge in [-0.1, -0.05) is 19.9 Å². The van der Waals surface area contributed by atoms with Crippen LogP contribution in [0.15, 0.2) is 23.7 Å². The molecule has 1 aliphatic heterocycles. The molecule has 0 atom stereocenters. The van der Waals surface area contributed by atoms with Crippen molar-refractivity contribution in [3.63, 3.8) is 0 Å². The Hall–Kier alpha value is -1.50. The second-order valence-corrected chi connectivity index (χ2v) is 7.60. The minimum atomic E-state index is 0.505. The maximum Gasteiger partial charge on any atom is 0.133 e. The number of aromatic nitrogens is 2. The number of piperazine rings is 1. The normalized spacial score (nSPS) is 16.1. The van der Waals surface area contributed by atoms with Crippen molar-refractivity contribution >= 4 is 17.2 Å². The van der Waals surface area contributed by atoms with E-state index in [9.17, 15) is 0 Å². The van der Waals surface area contributed by atoms with Crippen LogP contribution in [0.3, 0.4) is 0 Å². The Kier molecular flexibility index (Phi) is 5.81. The monoisotopic (exact) mass is 345 g/mol. The Bertz CT molecular complexity index is 646. The number of hydrogen-bond acceptors (Lipinski definition) is 6. The fourth-order valence-corrected chi connectivity index (χ4v) is 3.70. The van der Waals surface area contributed by atoms with Gasteiger partial charge in [-0.05, 0) is 13.1 Å². The average molecular weight is 346 g/mol. The van der Waals surface area contributed by atoms with Gasteiger partial charge in [-0.15, -0.1) is 11.3 Å². The lowest BCUT2D eigenvalue weighted by Crippen LogP contribution is -2.45. The predicted octanol–water partition coefficient (Wildman–Crippen LogP) is 2.70. The molecule has 0 saturated carbocycles. The molecule has 24 heavy (non-hydrogen) atoms. The Morgan fingerprint density at radius 3 is 2.71 bits per heavy atom. The van der Waals surface area contributed by atoms with Gasteiger partial charge in [0, 0.05) is 62.3 Å². The Balaban J connectivity index is 1.59. The van der Waals surface area contributed by atoms with Crippen molar-refractivity contribution in [1.29, 1.82) is 0 Å². The highest BCUT2D eigenvalue weighted by molar-refractivity contribution is 7.09. The molecule has 3 heterocycles. The molecular weight excluding hydrogens is 318 g/mol. The Morgan fingerprint density at radius 1 is 1.21 bits per heavy atom. The average Bonchev–Trinajstić information content (AvgIpc) is 3.05. The highest BCUT2D eigenvalue weighted by Crippen LogP contribution is 2.20. The first-order chi connectivity index (χ1) is 11.6. The van der Waals surface area contributed by atoms with Crippen molar-refractivity contribution in [3.8, 4) is 0 Å². The van der Waals surface area contributed by atoms with E-state index in [1.54, 1.807) is 11.3 Å². The van der Waals surface area contributed by atoms with Crippen molar-refractivity contribution in [1.82, 2.24) is 20.2 Å². The van der Waals surface area contributed by atoms with Crippen LogP contribution in [0.5, 0.6) is 0 Å². The highest BCUT2D eigenvalue weighted by Gasteiger charge is 2.17. The van der Waals surface area contributed by atoms with E-state index in [1.165, 1.54) is 10.6 Å². The molecule has 2 aromatic heterocycles. The molecule has 2 aromatic rings. The zero-order chi connectivity index (χ0) is 16.9. The van der Waals surface area contributed by atoms with Crippen LogP contribution in [-0.2, 0) is 13.1 Å². The van der Waals surface area contributed by atoms with Crippen LogP contribution in [0.4, 0.5) is 5.82 Å². The molecule has 1 N–H and O–H groups in total. The lowest BCUT2D eigenvalue weighted by molar-refractivity contribution is 0.311. The molecule has 0 unspecified atom stereocenters. The number of pyridine rings is 1. The Morgan fingerprint density at radius 2 is 2.00 bits per heavy atom. The molecule has 0 spiro atoms. The van der Waals surface area contributed by atoms with E-state index in [-0.39, 0.29) is 0 Å². The molecule has 6 heteroatoms. The topological polar surface area (TPSA) is 44.3 Å². The van der Waals surface area contributed by atoms with Gasteiger partial charge in [0.05, 0.1) is 10.7 Å². The molecule has 0 radical (unpaired) electrons. The van der Waals surface area contributed by atoms with Crippen molar-refractivity contribution in [3.05, 3.63) is 40.0 Å². The standard InChI is InChI=1S/C18H27N5S/c1-14(2)18-21-16(13-24-18)12-19-11-15-5-4-6-20-17(15)23-9-7-22(3)8-10-23/h4-6,13-14,19H,7-12H2,1-3H3. The van der Waals surface area contributed by atoms with E-state index in [0.29, 0.717) is 5.92 Å². The molecule has 130 valence electrons. The summed E-state index contributed by atoms with van der Waals surface area (Å²) < 4.78 is 0. The van der Waals surface area contributed by atoms with Crippen LogP contribution in [0.25, 0.3) is 0 Å². The van der Waals surface area contributed by atoms with Gasteiger partial charge >= 0.3 is 0 Å². The van der Waals surface area contributed by atoms with E-state index in [0.717, 1.165) is 50.8 Å². The number of nitrogens with one attached hydrogen (secondary N) is 1. The number of anilines is 1. The first-order valence-corrected chi connectivity index (χ1v) is 9.54. The molecule has 1 saturated heterocycles. The number of hydrogen-bond donors (Lipinski definition) is 1. The molecule has 0 aliphatic carbocycles. The number of rotatable bonds is 6. The molecule has 1 aliphatic rings. The zero-order valence-electron chi connectivity index (χ0n) is 14.8. The van der Waals surface area contributed by atoms with E-state index in [2.05, 4.69) is 57.4 Å². The van der Waals surface area contributed by atoms with E-state index in [4.69, 9.17) is 0 Å². The summed E-state index contributed by atoms with van der Waals surface area (Å²) in [5.41, 5.74) is 2.40. The second kappa shape index (κ2) is 8.05. The summed E-state index contributed by atoms with van der Waals surface area (Å²) in [7, 11) is 2.18. The summed E-state index contributed by atoms with van der Waals surface area (Å²) in [6.45, 7) is 10.3. The van der Waals surface area contributed by atoms with Gasteiger partial charge in [0.2, 0.25) is 0 Å². The first kappa shape index (κ1) is 17.3. The number of likely N-dealkylation sites (N-methyl/N-ethyl adjacent to an activating group) is 1. The van der Waals surface area contributed by atoms with Crippen LogP contribution >= 0.6 is 11.3 Å². The quantitative estimate of drug-likeness (QED) is 0.872. The van der Waals surface area contributed by atoms with Crippen molar-refractivity contribution < 1.29 is 0 Å². The zero-order valence-corrected chi connectivity index (χ0v) is 15.6. The van der Waals surface area contributed by atoms with Crippen LogP contribution < -0.4 is 10.2 Å². The van der Waals surface area contributed by atoms with Crippen LogP contribution in [0.1, 0.15) is 36.0 Å². The molecule has 0 aromatic carbocycles. The van der Waals surface area contributed by atoms with Gasteiger partial charge in [0.1, 0.15) is 5.82 Å². The lowest BCUT2D eigenvalue weighted by Gasteiger charge is -2.34. The molecule has 3 rings (SSSR count). The third-order valence-electron chi connectivity index (χ3n) is 4.36. The summed E-state index contributed by atoms with van der Waals surface area (Å²) in [6, 6.07) is 4.20. The van der Waals surface area contributed by atoms with E-state index in [1.807, 2.05) is 12.3 Å².